The van der Waals surface area contributed by atoms with Crippen LogP contribution in [0.3, 0.4) is 0 Å². The van der Waals surface area contributed by atoms with Crippen molar-refractivity contribution in [2.75, 3.05) is 19.8 Å². The SMILES string of the molecule is CC(C)(C)NCC1(OC2COC2)CCCC1. The molecule has 0 amide bonds. The average Bonchev–Trinajstić information content (AvgIpc) is 2.57. The molecule has 1 heterocycles. The molecule has 94 valence electrons. The zero-order valence-corrected chi connectivity index (χ0v) is 10.8. The molecule has 1 N–H and O–H groups in total. The van der Waals surface area contributed by atoms with E-state index in [1.807, 2.05) is 0 Å². The molecule has 0 bridgehead atoms. The van der Waals surface area contributed by atoms with Crippen LogP contribution in [0.15, 0.2) is 0 Å². The van der Waals surface area contributed by atoms with Crippen molar-refractivity contribution in [1.82, 2.24) is 5.32 Å². The van der Waals surface area contributed by atoms with Crippen molar-refractivity contribution in [1.29, 1.82) is 0 Å². The molecule has 1 saturated carbocycles. The zero-order valence-electron chi connectivity index (χ0n) is 10.8. The fraction of sp³-hybridized carbons (Fsp3) is 1.00. The molecule has 3 heteroatoms. The van der Waals surface area contributed by atoms with Crippen LogP contribution in [0, 0.1) is 0 Å². The zero-order chi connectivity index (χ0) is 11.6. The summed E-state index contributed by atoms with van der Waals surface area (Å²) in [6, 6.07) is 0. The van der Waals surface area contributed by atoms with Crippen molar-refractivity contribution in [2.24, 2.45) is 0 Å². The molecule has 2 aliphatic rings. The molecule has 0 unspecified atom stereocenters. The lowest BCUT2D eigenvalue weighted by Crippen LogP contribution is -2.52. The van der Waals surface area contributed by atoms with E-state index < -0.39 is 0 Å². The third-order valence-electron chi connectivity index (χ3n) is 3.48. The van der Waals surface area contributed by atoms with E-state index in [4.69, 9.17) is 9.47 Å². The Morgan fingerprint density at radius 1 is 1.25 bits per heavy atom. The number of hydrogen-bond acceptors (Lipinski definition) is 3. The normalized spacial score (nSPS) is 25.7. The van der Waals surface area contributed by atoms with Gasteiger partial charge in [-0.15, -0.1) is 0 Å². The van der Waals surface area contributed by atoms with Crippen molar-refractivity contribution >= 4 is 0 Å². The van der Waals surface area contributed by atoms with Crippen LogP contribution in [0.4, 0.5) is 0 Å². The second kappa shape index (κ2) is 4.63. The van der Waals surface area contributed by atoms with E-state index >= 15 is 0 Å². The highest BCUT2D eigenvalue weighted by Gasteiger charge is 2.39. The molecule has 1 saturated heterocycles. The summed E-state index contributed by atoms with van der Waals surface area (Å²) in [7, 11) is 0. The van der Waals surface area contributed by atoms with Crippen molar-refractivity contribution in [3.63, 3.8) is 0 Å². The van der Waals surface area contributed by atoms with Crippen LogP contribution in [-0.4, -0.2) is 37.0 Å². The lowest BCUT2D eigenvalue weighted by Gasteiger charge is -2.39. The lowest BCUT2D eigenvalue weighted by atomic mass is 9.99. The third kappa shape index (κ3) is 3.19. The number of rotatable bonds is 4. The molecule has 0 aromatic rings. The van der Waals surface area contributed by atoms with Crippen LogP contribution < -0.4 is 5.32 Å². The molecule has 0 spiro atoms. The molecule has 2 fully saturated rings. The highest BCUT2D eigenvalue weighted by molar-refractivity contribution is 4.92. The van der Waals surface area contributed by atoms with E-state index in [9.17, 15) is 0 Å². The Morgan fingerprint density at radius 2 is 1.88 bits per heavy atom. The maximum atomic E-state index is 6.24. The van der Waals surface area contributed by atoms with Gasteiger partial charge in [-0.05, 0) is 33.6 Å². The summed E-state index contributed by atoms with van der Waals surface area (Å²) in [6.45, 7) is 9.19. The summed E-state index contributed by atoms with van der Waals surface area (Å²) < 4.78 is 11.4. The van der Waals surface area contributed by atoms with Crippen molar-refractivity contribution < 1.29 is 9.47 Å². The van der Waals surface area contributed by atoms with E-state index in [2.05, 4.69) is 26.1 Å². The van der Waals surface area contributed by atoms with Crippen LogP contribution in [-0.2, 0) is 9.47 Å². The standard InChI is InChI=1S/C13H25NO2/c1-12(2,3)14-10-13(6-4-5-7-13)16-11-8-15-9-11/h11,14H,4-10H2,1-3H3. The molecule has 0 radical (unpaired) electrons. The van der Waals surface area contributed by atoms with Crippen molar-refractivity contribution in [3.05, 3.63) is 0 Å². The highest BCUT2D eigenvalue weighted by atomic mass is 16.6. The fourth-order valence-corrected chi connectivity index (χ4v) is 2.42. The monoisotopic (exact) mass is 227 g/mol. The van der Waals surface area contributed by atoms with Crippen LogP contribution in [0.25, 0.3) is 0 Å². The Labute approximate surface area is 98.9 Å². The fourth-order valence-electron chi connectivity index (χ4n) is 2.42. The van der Waals surface area contributed by atoms with Crippen LogP contribution in [0.2, 0.25) is 0 Å². The van der Waals surface area contributed by atoms with Crippen LogP contribution >= 0.6 is 0 Å². The number of ether oxygens (including phenoxy) is 2. The molecule has 1 aliphatic heterocycles. The van der Waals surface area contributed by atoms with Gasteiger partial charge in [0.15, 0.2) is 0 Å². The molecule has 2 rings (SSSR count). The first-order chi connectivity index (χ1) is 7.49. The number of hydrogen-bond donors (Lipinski definition) is 1. The third-order valence-corrected chi connectivity index (χ3v) is 3.48. The van der Waals surface area contributed by atoms with E-state index in [1.165, 1.54) is 25.7 Å². The van der Waals surface area contributed by atoms with Gasteiger partial charge >= 0.3 is 0 Å². The molecular weight excluding hydrogens is 202 g/mol. The van der Waals surface area contributed by atoms with Gasteiger partial charge in [0, 0.05) is 12.1 Å². The predicted molar refractivity (Wildman–Crippen MR) is 64.6 cm³/mol. The Bertz CT molecular complexity index is 225. The first kappa shape index (κ1) is 12.3. The topological polar surface area (TPSA) is 30.5 Å². The Morgan fingerprint density at radius 3 is 2.31 bits per heavy atom. The van der Waals surface area contributed by atoms with Gasteiger partial charge in [0.05, 0.1) is 18.8 Å². The molecule has 0 aromatic carbocycles. The van der Waals surface area contributed by atoms with E-state index in [0.717, 1.165) is 19.8 Å². The lowest BCUT2D eigenvalue weighted by molar-refractivity contribution is -0.190. The van der Waals surface area contributed by atoms with Gasteiger partial charge < -0.3 is 14.8 Å². The quantitative estimate of drug-likeness (QED) is 0.798. The van der Waals surface area contributed by atoms with E-state index in [-0.39, 0.29) is 11.1 Å². The summed E-state index contributed by atoms with van der Waals surface area (Å²) in [6.07, 6.45) is 5.36. The smallest absolute Gasteiger partial charge is 0.105 e. The molecule has 0 aromatic heterocycles. The predicted octanol–water partition coefficient (Wildman–Crippen LogP) is 2.10. The first-order valence-corrected chi connectivity index (χ1v) is 6.50. The van der Waals surface area contributed by atoms with Gasteiger partial charge in [-0.25, -0.2) is 0 Å². The number of nitrogens with one attached hydrogen (secondary N) is 1. The summed E-state index contributed by atoms with van der Waals surface area (Å²) in [5.41, 5.74) is 0.261. The summed E-state index contributed by atoms with van der Waals surface area (Å²) in [5, 5.41) is 3.59. The van der Waals surface area contributed by atoms with Gasteiger partial charge in [0.25, 0.3) is 0 Å². The molecule has 3 nitrogen and oxygen atoms in total. The minimum Gasteiger partial charge on any atom is -0.376 e. The average molecular weight is 227 g/mol. The maximum Gasteiger partial charge on any atom is 0.105 e. The first-order valence-electron chi connectivity index (χ1n) is 6.50. The summed E-state index contributed by atoms with van der Waals surface area (Å²) in [4.78, 5) is 0. The highest BCUT2D eigenvalue weighted by Crippen LogP contribution is 2.35. The van der Waals surface area contributed by atoms with E-state index in [1.54, 1.807) is 0 Å². The minimum atomic E-state index is 0.0850. The van der Waals surface area contributed by atoms with Crippen LogP contribution in [0.5, 0.6) is 0 Å². The molecule has 1 aliphatic carbocycles. The van der Waals surface area contributed by atoms with Gasteiger partial charge in [-0.3, -0.25) is 0 Å². The summed E-state index contributed by atoms with van der Waals surface area (Å²) >= 11 is 0. The largest absolute Gasteiger partial charge is 0.376 e. The van der Waals surface area contributed by atoms with Crippen molar-refractivity contribution in [3.8, 4) is 0 Å². The second-order valence-corrected chi connectivity index (χ2v) is 6.27. The van der Waals surface area contributed by atoms with Crippen LogP contribution in [0.1, 0.15) is 46.5 Å². The molecular formula is C13H25NO2. The molecule has 16 heavy (non-hydrogen) atoms. The van der Waals surface area contributed by atoms with Crippen molar-refractivity contribution in [2.45, 2.75) is 63.7 Å². The second-order valence-electron chi connectivity index (χ2n) is 6.27. The Kier molecular flexibility index (Phi) is 3.57. The Balaban J connectivity index is 1.87. The van der Waals surface area contributed by atoms with Gasteiger partial charge in [0.1, 0.15) is 6.10 Å². The maximum absolute atomic E-state index is 6.24. The van der Waals surface area contributed by atoms with Gasteiger partial charge in [-0.2, -0.15) is 0 Å². The molecule has 0 atom stereocenters. The Hall–Kier alpha value is -0.120. The van der Waals surface area contributed by atoms with Gasteiger partial charge in [-0.1, -0.05) is 12.8 Å². The van der Waals surface area contributed by atoms with E-state index in [0.29, 0.717) is 6.10 Å². The van der Waals surface area contributed by atoms with Gasteiger partial charge in [0.2, 0.25) is 0 Å². The summed E-state index contributed by atoms with van der Waals surface area (Å²) in [5.74, 6) is 0. The minimum absolute atomic E-state index is 0.0850.